The molecule has 0 aliphatic carbocycles. The van der Waals surface area contributed by atoms with Gasteiger partial charge in [-0.3, -0.25) is 4.79 Å². The molecule has 5 nitrogen and oxygen atoms in total. The van der Waals surface area contributed by atoms with Crippen molar-refractivity contribution in [2.45, 2.75) is 38.5 Å². The smallest absolute Gasteiger partial charge is 0.387 e. The molecule has 24 heavy (non-hydrogen) atoms. The monoisotopic (exact) mass is 364 g/mol. The maximum absolute atomic E-state index is 12.3. The fourth-order valence-electron chi connectivity index (χ4n) is 2.61. The normalized spacial score (nSPS) is 18.9. The zero-order valence-electron chi connectivity index (χ0n) is 13.5. The Labute approximate surface area is 146 Å². The number of alkyl halides is 2. The van der Waals surface area contributed by atoms with Gasteiger partial charge in [0.2, 0.25) is 5.91 Å². The van der Waals surface area contributed by atoms with Crippen LogP contribution in [0.1, 0.15) is 31.4 Å². The SMILES string of the molecule is CCCC(N)C(=O)N1CCOC(c2cccc(OC(F)F)c2)C1.Cl. The summed E-state index contributed by atoms with van der Waals surface area (Å²) in [4.78, 5) is 14.0. The van der Waals surface area contributed by atoms with Crippen molar-refractivity contribution in [1.29, 1.82) is 0 Å². The molecule has 1 amide bonds. The number of hydrogen-bond acceptors (Lipinski definition) is 4. The molecule has 2 atom stereocenters. The number of hydrogen-bond donors (Lipinski definition) is 1. The predicted molar refractivity (Wildman–Crippen MR) is 88.5 cm³/mol. The molecule has 1 saturated heterocycles. The van der Waals surface area contributed by atoms with Crippen molar-refractivity contribution in [1.82, 2.24) is 4.90 Å². The molecule has 136 valence electrons. The summed E-state index contributed by atoms with van der Waals surface area (Å²) in [6.45, 7) is 0.329. The topological polar surface area (TPSA) is 64.8 Å². The van der Waals surface area contributed by atoms with Gasteiger partial charge in [0, 0.05) is 6.54 Å². The van der Waals surface area contributed by atoms with E-state index < -0.39 is 12.7 Å². The van der Waals surface area contributed by atoms with Crippen molar-refractivity contribution in [3.8, 4) is 5.75 Å². The lowest BCUT2D eigenvalue weighted by Crippen LogP contribution is -2.49. The highest BCUT2D eigenvalue weighted by atomic mass is 35.5. The van der Waals surface area contributed by atoms with Gasteiger partial charge in [0.25, 0.3) is 0 Å². The first-order valence-electron chi connectivity index (χ1n) is 7.72. The van der Waals surface area contributed by atoms with Crippen molar-refractivity contribution in [3.05, 3.63) is 29.8 Å². The zero-order chi connectivity index (χ0) is 16.8. The van der Waals surface area contributed by atoms with Gasteiger partial charge in [0.15, 0.2) is 0 Å². The molecule has 1 fully saturated rings. The van der Waals surface area contributed by atoms with Gasteiger partial charge in [-0.05, 0) is 24.1 Å². The van der Waals surface area contributed by atoms with Crippen LogP contribution in [0.2, 0.25) is 0 Å². The van der Waals surface area contributed by atoms with Gasteiger partial charge >= 0.3 is 6.61 Å². The molecule has 0 spiro atoms. The number of benzene rings is 1. The molecule has 2 rings (SSSR count). The van der Waals surface area contributed by atoms with E-state index in [2.05, 4.69) is 4.74 Å². The van der Waals surface area contributed by atoms with Gasteiger partial charge in [0.05, 0.1) is 19.2 Å². The Morgan fingerprint density at radius 2 is 2.25 bits per heavy atom. The van der Waals surface area contributed by atoms with E-state index in [1.54, 1.807) is 17.0 Å². The number of ether oxygens (including phenoxy) is 2. The second-order valence-corrected chi connectivity index (χ2v) is 5.49. The van der Waals surface area contributed by atoms with E-state index >= 15 is 0 Å². The third kappa shape index (κ3) is 5.58. The molecular weight excluding hydrogens is 342 g/mol. The van der Waals surface area contributed by atoms with Crippen molar-refractivity contribution < 1.29 is 23.0 Å². The van der Waals surface area contributed by atoms with Crippen molar-refractivity contribution in [3.63, 3.8) is 0 Å². The van der Waals surface area contributed by atoms with Gasteiger partial charge in [-0.2, -0.15) is 8.78 Å². The minimum absolute atomic E-state index is 0. The highest BCUT2D eigenvalue weighted by Crippen LogP contribution is 2.26. The maximum Gasteiger partial charge on any atom is 0.387 e. The van der Waals surface area contributed by atoms with Crippen LogP contribution in [0, 0.1) is 0 Å². The summed E-state index contributed by atoms with van der Waals surface area (Å²) < 4.78 is 34.7. The summed E-state index contributed by atoms with van der Waals surface area (Å²) in [6, 6.07) is 5.85. The van der Waals surface area contributed by atoms with Crippen LogP contribution in [0.4, 0.5) is 8.78 Å². The lowest BCUT2D eigenvalue weighted by molar-refractivity contribution is -0.140. The first kappa shape index (κ1) is 20.6. The van der Waals surface area contributed by atoms with Crippen LogP contribution in [0.3, 0.4) is 0 Å². The van der Waals surface area contributed by atoms with Gasteiger partial charge in [-0.25, -0.2) is 0 Å². The van der Waals surface area contributed by atoms with Crippen molar-refractivity contribution in [2.75, 3.05) is 19.7 Å². The standard InChI is InChI=1S/C16H22F2N2O3.ClH/c1-2-4-13(19)15(21)20-7-8-22-14(10-20)11-5-3-6-12(9-11)23-16(17)18;/h3,5-6,9,13-14,16H,2,4,7-8,10,19H2,1H3;1H. The summed E-state index contributed by atoms with van der Waals surface area (Å²) in [5, 5.41) is 0. The Morgan fingerprint density at radius 3 is 2.92 bits per heavy atom. The molecule has 1 aromatic rings. The summed E-state index contributed by atoms with van der Waals surface area (Å²) in [7, 11) is 0. The average Bonchev–Trinajstić information content (AvgIpc) is 2.54. The summed E-state index contributed by atoms with van der Waals surface area (Å²) in [5.74, 6) is -0.0210. The predicted octanol–water partition coefficient (Wildman–Crippen LogP) is 2.74. The summed E-state index contributed by atoms with van der Waals surface area (Å²) in [6.07, 6.45) is 1.11. The van der Waals surface area contributed by atoms with Crippen LogP contribution < -0.4 is 10.5 Å². The van der Waals surface area contributed by atoms with Gasteiger partial charge < -0.3 is 20.1 Å². The number of amides is 1. The fraction of sp³-hybridized carbons (Fsp3) is 0.562. The van der Waals surface area contributed by atoms with Crippen LogP contribution >= 0.6 is 12.4 Å². The van der Waals surface area contributed by atoms with E-state index in [0.29, 0.717) is 31.7 Å². The molecule has 0 aromatic heterocycles. The van der Waals surface area contributed by atoms with E-state index in [1.807, 2.05) is 6.92 Å². The maximum atomic E-state index is 12.3. The van der Waals surface area contributed by atoms with Gasteiger partial charge in [-0.1, -0.05) is 25.5 Å². The molecule has 8 heteroatoms. The Kier molecular flexibility index (Phi) is 8.38. The number of nitrogens with two attached hydrogens (primary N) is 1. The highest BCUT2D eigenvalue weighted by Gasteiger charge is 2.28. The molecule has 1 aromatic carbocycles. The Balaban J connectivity index is 0.00000288. The Morgan fingerprint density at radius 1 is 1.50 bits per heavy atom. The minimum Gasteiger partial charge on any atom is -0.435 e. The number of rotatable bonds is 6. The van der Waals surface area contributed by atoms with Crippen molar-refractivity contribution >= 4 is 18.3 Å². The van der Waals surface area contributed by atoms with Gasteiger partial charge in [-0.15, -0.1) is 12.4 Å². The molecule has 2 unspecified atom stereocenters. The Hall–Kier alpha value is -1.44. The molecule has 0 bridgehead atoms. The second kappa shape index (κ2) is 9.76. The lowest BCUT2D eigenvalue weighted by atomic mass is 10.1. The minimum atomic E-state index is -2.87. The van der Waals surface area contributed by atoms with E-state index in [-0.39, 0.29) is 30.2 Å². The van der Waals surface area contributed by atoms with E-state index in [4.69, 9.17) is 10.5 Å². The van der Waals surface area contributed by atoms with Crippen LogP contribution in [0.25, 0.3) is 0 Å². The molecule has 0 saturated carbocycles. The first-order valence-corrected chi connectivity index (χ1v) is 7.72. The largest absolute Gasteiger partial charge is 0.435 e. The average molecular weight is 365 g/mol. The first-order chi connectivity index (χ1) is 11.0. The van der Waals surface area contributed by atoms with Crippen molar-refractivity contribution in [2.24, 2.45) is 5.73 Å². The summed E-state index contributed by atoms with van der Waals surface area (Å²) >= 11 is 0. The van der Waals surface area contributed by atoms with Crippen LogP contribution in [0.5, 0.6) is 5.75 Å². The quantitative estimate of drug-likeness (QED) is 0.843. The van der Waals surface area contributed by atoms with E-state index in [1.165, 1.54) is 12.1 Å². The third-order valence-corrected chi connectivity index (χ3v) is 3.75. The Bertz CT molecular complexity index is 534. The molecule has 1 aliphatic heterocycles. The molecule has 2 N–H and O–H groups in total. The summed E-state index contributed by atoms with van der Waals surface area (Å²) in [5.41, 5.74) is 6.59. The zero-order valence-corrected chi connectivity index (χ0v) is 14.3. The number of carbonyl (C=O) groups excluding carboxylic acids is 1. The number of nitrogens with zero attached hydrogens (tertiary/aromatic N) is 1. The number of carbonyl (C=O) groups is 1. The number of morpholine rings is 1. The van der Waals surface area contributed by atoms with Crippen LogP contribution in [0.15, 0.2) is 24.3 Å². The molecular formula is C16H23ClF2N2O3. The van der Waals surface area contributed by atoms with Crippen LogP contribution in [-0.2, 0) is 9.53 Å². The van der Waals surface area contributed by atoms with E-state index in [9.17, 15) is 13.6 Å². The van der Waals surface area contributed by atoms with Gasteiger partial charge in [0.1, 0.15) is 11.9 Å². The second-order valence-electron chi connectivity index (χ2n) is 5.49. The van der Waals surface area contributed by atoms with E-state index in [0.717, 1.165) is 6.42 Å². The fourth-order valence-corrected chi connectivity index (χ4v) is 2.61. The lowest BCUT2D eigenvalue weighted by Gasteiger charge is -2.34. The molecule has 0 radical (unpaired) electrons. The van der Waals surface area contributed by atoms with Crippen LogP contribution in [-0.4, -0.2) is 43.2 Å². The molecule has 1 aliphatic rings. The third-order valence-electron chi connectivity index (χ3n) is 3.75. The number of halogens is 3. The highest BCUT2D eigenvalue weighted by molar-refractivity contribution is 5.85. The molecule has 1 heterocycles.